The van der Waals surface area contributed by atoms with Crippen LogP contribution in [0.1, 0.15) is 30.5 Å². The summed E-state index contributed by atoms with van der Waals surface area (Å²) in [6.45, 7) is 4.44. The Morgan fingerprint density at radius 3 is 2.45 bits per heavy atom. The van der Waals surface area contributed by atoms with Gasteiger partial charge in [0.2, 0.25) is 0 Å². The molecule has 0 bridgehead atoms. The van der Waals surface area contributed by atoms with Crippen molar-refractivity contribution >= 4 is 10.9 Å². The third-order valence-corrected chi connectivity index (χ3v) is 4.38. The van der Waals surface area contributed by atoms with Crippen LogP contribution in [0.5, 0.6) is 0 Å². The molecule has 114 valence electrons. The van der Waals surface area contributed by atoms with Gasteiger partial charge >= 0.3 is 0 Å². The molecule has 0 amide bonds. The summed E-state index contributed by atoms with van der Waals surface area (Å²) >= 11 is 0. The standard InChI is InChI=1S/C19H23N3/c1-5-16(22(3)4)17-13(2)11-12-15-18(17)19(21-20-15)14-9-7-6-8-10-14/h6-12,16H,5H2,1-4H3,(H,20,21). The molecule has 0 aliphatic heterocycles. The van der Waals surface area contributed by atoms with Crippen molar-refractivity contribution in [3.8, 4) is 11.3 Å². The summed E-state index contributed by atoms with van der Waals surface area (Å²) in [5.74, 6) is 0. The van der Waals surface area contributed by atoms with Crippen molar-refractivity contribution in [2.45, 2.75) is 26.3 Å². The van der Waals surface area contributed by atoms with E-state index in [1.807, 2.05) is 6.07 Å². The average molecular weight is 293 g/mol. The topological polar surface area (TPSA) is 31.9 Å². The van der Waals surface area contributed by atoms with Crippen LogP contribution in [0.3, 0.4) is 0 Å². The fourth-order valence-electron chi connectivity index (χ4n) is 3.31. The molecule has 1 aromatic heterocycles. The van der Waals surface area contributed by atoms with Crippen molar-refractivity contribution in [1.82, 2.24) is 15.1 Å². The highest BCUT2D eigenvalue weighted by atomic mass is 15.1. The molecule has 1 heterocycles. The van der Waals surface area contributed by atoms with Crippen LogP contribution in [0, 0.1) is 6.92 Å². The lowest BCUT2D eigenvalue weighted by Crippen LogP contribution is -2.20. The number of nitrogens with one attached hydrogen (secondary N) is 1. The first-order chi connectivity index (χ1) is 10.6. The van der Waals surface area contributed by atoms with Gasteiger partial charge in [-0.05, 0) is 44.6 Å². The molecule has 1 atom stereocenters. The van der Waals surface area contributed by atoms with Crippen molar-refractivity contribution in [2.75, 3.05) is 14.1 Å². The Morgan fingerprint density at radius 1 is 1.09 bits per heavy atom. The largest absolute Gasteiger partial charge is 0.302 e. The fourth-order valence-corrected chi connectivity index (χ4v) is 3.31. The van der Waals surface area contributed by atoms with E-state index < -0.39 is 0 Å². The Bertz CT molecular complexity index is 772. The zero-order valence-electron chi connectivity index (χ0n) is 13.7. The molecule has 1 N–H and O–H groups in total. The first kappa shape index (κ1) is 14.8. The van der Waals surface area contributed by atoms with Crippen molar-refractivity contribution in [1.29, 1.82) is 0 Å². The van der Waals surface area contributed by atoms with Crippen molar-refractivity contribution in [3.63, 3.8) is 0 Å². The lowest BCUT2D eigenvalue weighted by Gasteiger charge is -2.26. The van der Waals surface area contributed by atoms with E-state index in [4.69, 9.17) is 0 Å². The zero-order chi connectivity index (χ0) is 15.7. The maximum Gasteiger partial charge on any atom is 0.100 e. The summed E-state index contributed by atoms with van der Waals surface area (Å²) in [4.78, 5) is 2.30. The van der Waals surface area contributed by atoms with Crippen LogP contribution in [-0.4, -0.2) is 29.2 Å². The molecule has 3 nitrogen and oxygen atoms in total. The van der Waals surface area contributed by atoms with E-state index in [9.17, 15) is 0 Å². The second-order valence-corrected chi connectivity index (χ2v) is 6.04. The molecule has 0 saturated carbocycles. The number of H-pyrrole nitrogens is 1. The van der Waals surface area contributed by atoms with Crippen LogP contribution in [0.2, 0.25) is 0 Å². The predicted octanol–water partition coefficient (Wildman–Crippen LogP) is 4.55. The molecule has 2 aromatic carbocycles. The highest BCUT2D eigenvalue weighted by molar-refractivity contribution is 5.96. The number of rotatable bonds is 4. The minimum atomic E-state index is 0.392. The van der Waals surface area contributed by atoms with Gasteiger partial charge in [-0.25, -0.2) is 0 Å². The van der Waals surface area contributed by atoms with E-state index in [1.54, 1.807) is 0 Å². The van der Waals surface area contributed by atoms with Gasteiger partial charge in [0.05, 0.1) is 5.52 Å². The molecule has 3 heteroatoms. The van der Waals surface area contributed by atoms with Crippen molar-refractivity contribution < 1.29 is 0 Å². The number of benzene rings is 2. The van der Waals surface area contributed by atoms with Gasteiger partial charge in [-0.15, -0.1) is 0 Å². The molecule has 0 aliphatic carbocycles. The number of hydrogen-bond acceptors (Lipinski definition) is 2. The number of hydrogen-bond donors (Lipinski definition) is 1. The lowest BCUT2D eigenvalue weighted by molar-refractivity contribution is 0.293. The summed E-state index contributed by atoms with van der Waals surface area (Å²) in [5, 5.41) is 9.06. The van der Waals surface area contributed by atoms with Gasteiger partial charge in [0.15, 0.2) is 0 Å². The molecule has 3 rings (SSSR count). The maximum atomic E-state index is 4.60. The monoisotopic (exact) mass is 293 g/mol. The Balaban J connectivity index is 2.31. The van der Waals surface area contributed by atoms with E-state index >= 15 is 0 Å². The summed E-state index contributed by atoms with van der Waals surface area (Å²) in [6.07, 6.45) is 1.08. The van der Waals surface area contributed by atoms with Crippen LogP contribution < -0.4 is 0 Å². The van der Waals surface area contributed by atoms with Crippen molar-refractivity contribution in [3.05, 3.63) is 53.6 Å². The molecule has 1 unspecified atom stereocenters. The third kappa shape index (κ3) is 2.42. The number of aromatic amines is 1. The molecule has 0 saturated heterocycles. The van der Waals surface area contributed by atoms with E-state index in [2.05, 4.69) is 79.4 Å². The number of aryl methyl sites for hydroxylation is 1. The highest BCUT2D eigenvalue weighted by Gasteiger charge is 2.21. The van der Waals surface area contributed by atoms with Gasteiger partial charge < -0.3 is 4.90 Å². The molecule has 0 aliphatic rings. The summed E-state index contributed by atoms with van der Waals surface area (Å²) < 4.78 is 0. The summed E-state index contributed by atoms with van der Waals surface area (Å²) in [6, 6.07) is 15.1. The van der Waals surface area contributed by atoms with E-state index in [1.165, 1.54) is 16.5 Å². The Kier molecular flexibility index (Phi) is 3.99. The van der Waals surface area contributed by atoms with Gasteiger partial charge in [0.25, 0.3) is 0 Å². The summed E-state index contributed by atoms with van der Waals surface area (Å²) in [7, 11) is 4.30. The number of aromatic nitrogens is 2. The molecule has 0 radical (unpaired) electrons. The van der Waals surface area contributed by atoms with Crippen LogP contribution in [-0.2, 0) is 0 Å². The molecular formula is C19H23N3. The second kappa shape index (κ2) is 5.93. The molecule has 3 aromatic rings. The Hall–Kier alpha value is -2.13. The highest BCUT2D eigenvalue weighted by Crippen LogP contribution is 2.36. The quantitative estimate of drug-likeness (QED) is 0.765. The van der Waals surface area contributed by atoms with E-state index in [0.717, 1.165) is 23.2 Å². The molecule has 0 fully saturated rings. The lowest BCUT2D eigenvalue weighted by atomic mass is 9.92. The van der Waals surface area contributed by atoms with Gasteiger partial charge in [-0.3, -0.25) is 5.10 Å². The van der Waals surface area contributed by atoms with E-state index in [-0.39, 0.29) is 0 Å². The first-order valence-electron chi connectivity index (χ1n) is 7.83. The third-order valence-electron chi connectivity index (χ3n) is 4.38. The van der Waals surface area contributed by atoms with Crippen LogP contribution >= 0.6 is 0 Å². The van der Waals surface area contributed by atoms with E-state index in [0.29, 0.717) is 6.04 Å². The summed E-state index contributed by atoms with van der Waals surface area (Å²) in [5.41, 5.74) is 6.03. The SMILES string of the molecule is CCC(c1c(C)ccc2[nH]nc(-c3ccccc3)c12)N(C)C. The van der Waals surface area contributed by atoms with Gasteiger partial charge in [-0.2, -0.15) is 5.10 Å². The maximum absolute atomic E-state index is 4.60. The predicted molar refractivity (Wildman–Crippen MR) is 93.0 cm³/mol. The minimum absolute atomic E-state index is 0.392. The fraction of sp³-hybridized carbons (Fsp3) is 0.316. The first-order valence-corrected chi connectivity index (χ1v) is 7.83. The van der Waals surface area contributed by atoms with Gasteiger partial charge in [-0.1, -0.05) is 43.3 Å². The second-order valence-electron chi connectivity index (χ2n) is 6.04. The number of nitrogens with zero attached hydrogens (tertiary/aromatic N) is 2. The molecule has 0 spiro atoms. The molecular weight excluding hydrogens is 270 g/mol. The van der Waals surface area contributed by atoms with Crippen LogP contribution in [0.4, 0.5) is 0 Å². The van der Waals surface area contributed by atoms with Gasteiger partial charge in [0.1, 0.15) is 5.69 Å². The minimum Gasteiger partial charge on any atom is -0.302 e. The smallest absolute Gasteiger partial charge is 0.100 e. The van der Waals surface area contributed by atoms with Gasteiger partial charge in [0, 0.05) is 17.0 Å². The van der Waals surface area contributed by atoms with Crippen LogP contribution in [0.15, 0.2) is 42.5 Å². The zero-order valence-corrected chi connectivity index (χ0v) is 13.7. The average Bonchev–Trinajstić information content (AvgIpc) is 2.94. The van der Waals surface area contributed by atoms with Crippen LogP contribution in [0.25, 0.3) is 22.2 Å². The Labute approximate surface area is 132 Å². The molecule has 22 heavy (non-hydrogen) atoms. The Morgan fingerprint density at radius 2 is 1.82 bits per heavy atom. The number of fused-ring (bicyclic) bond motifs is 1. The normalized spacial score (nSPS) is 13.0. The van der Waals surface area contributed by atoms with Crippen molar-refractivity contribution in [2.24, 2.45) is 0 Å².